The maximum absolute atomic E-state index is 8.36. The fraction of sp³-hybridized carbons (Fsp3) is 0.182. The van der Waals surface area contributed by atoms with Gasteiger partial charge in [0.2, 0.25) is 0 Å². The van der Waals surface area contributed by atoms with E-state index in [1.807, 2.05) is 31.2 Å². The monoisotopic (exact) mass is 173 g/mol. The lowest BCUT2D eigenvalue weighted by Gasteiger charge is -2.02. The number of benzene rings is 1. The minimum Gasteiger partial charge on any atom is -0.497 e. The first-order valence-corrected chi connectivity index (χ1v) is 3.98. The molecule has 0 amide bonds. The van der Waals surface area contributed by atoms with E-state index in [1.165, 1.54) is 6.08 Å². The highest BCUT2D eigenvalue weighted by Crippen LogP contribution is 2.17. The molecule has 0 atom stereocenters. The van der Waals surface area contributed by atoms with Gasteiger partial charge in [-0.05, 0) is 36.3 Å². The highest BCUT2D eigenvalue weighted by Gasteiger charge is 1.94. The van der Waals surface area contributed by atoms with Gasteiger partial charge in [0.25, 0.3) is 0 Å². The number of aryl methyl sites for hydroxylation is 1. The lowest BCUT2D eigenvalue weighted by atomic mass is 10.1. The molecule has 0 spiro atoms. The van der Waals surface area contributed by atoms with Crippen LogP contribution in [-0.2, 0) is 0 Å². The van der Waals surface area contributed by atoms with Crippen LogP contribution < -0.4 is 4.74 Å². The molecule has 13 heavy (non-hydrogen) atoms. The van der Waals surface area contributed by atoms with Crippen molar-refractivity contribution in [2.24, 2.45) is 0 Å². The van der Waals surface area contributed by atoms with Crippen molar-refractivity contribution in [3.63, 3.8) is 0 Å². The van der Waals surface area contributed by atoms with E-state index in [1.54, 1.807) is 13.2 Å². The lowest BCUT2D eigenvalue weighted by Crippen LogP contribution is -1.85. The molecule has 2 heteroatoms. The molecule has 0 fully saturated rings. The van der Waals surface area contributed by atoms with E-state index in [-0.39, 0.29) is 0 Å². The van der Waals surface area contributed by atoms with E-state index < -0.39 is 0 Å². The van der Waals surface area contributed by atoms with Crippen LogP contribution in [0.25, 0.3) is 6.08 Å². The summed E-state index contributed by atoms with van der Waals surface area (Å²) in [5.74, 6) is 0.817. The van der Waals surface area contributed by atoms with Gasteiger partial charge in [0.1, 0.15) is 5.75 Å². The normalized spacial score (nSPS) is 9.92. The van der Waals surface area contributed by atoms with E-state index in [0.717, 1.165) is 16.9 Å². The first kappa shape index (κ1) is 9.34. The van der Waals surface area contributed by atoms with Crippen LogP contribution in [-0.4, -0.2) is 7.11 Å². The molecule has 0 heterocycles. The predicted octanol–water partition coefficient (Wildman–Crippen LogP) is 2.54. The molecule has 1 aromatic carbocycles. The molecule has 0 aliphatic heterocycles. The zero-order valence-electron chi connectivity index (χ0n) is 7.74. The number of allylic oxidation sites excluding steroid dienone is 1. The summed E-state index contributed by atoms with van der Waals surface area (Å²) < 4.78 is 5.10. The average Bonchev–Trinajstić information content (AvgIpc) is 2.14. The molecule has 0 saturated heterocycles. The SMILES string of the molecule is COc1cc(C)cc(/C=C/C#N)c1. The molecule has 1 rings (SSSR count). The van der Waals surface area contributed by atoms with E-state index in [2.05, 4.69) is 0 Å². The highest BCUT2D eigenvalue weighted by atomic mass is 16.5. The summed E-state index contributed by atoms with van der Waals surface area (Å²) in [6.07, 6.45) is 3.21. The lowest BCUT2D eigenvalue weighted by molar-refractivity contribution is 0.414. The van der Waals surface area contributed by atoms with Crippen LogP contribution in [0.1, 0.15) is 11.1 Å². The Balaban J connectivity index is 3.03. The molecule has 0 aromatic heterocycles. The van der Waals surface area contributed by atoms with Crippen LogP contribution >= 0.6 is 0 Å². The second-order valence-electron chi connectivity index (χ2n) is 2.75. The van der Waals surface area contributed by atoms with Crippen molar-refractivity contribution >= 4 is 6.08 Å². The third-order valence-electron chi connectivity index (χ3n) is 1.66. The number of methoxy groups -OCH3 is 1. The Morgan fingerprint density at radius 2 is 2.15 bits per heavy atom. The first-order chi connectivity index (χ1) is 6.26. The minimum absolute atomic E-state index is 0.817. The number of hydrogen-bond donors (Lipinski definition) is 0. The zero-order chi connectivity index (χ0) is 9.68. The van der Waals surface area contributed by atoms with Crippen molar-refractivity contribution in [2.75, 3.05) is 7.11 Å². The second kappa shape index (κ2) is 4.32. The fourth-order valence-corrected chi connectivity index (χ4v) is 1.12. The van der Waals surface area contributed by atoms with Crippen molar-refractivity contribution in [2.45, 2.75) is 6.92 Å². The third kappa shape index (κ3) is 2.64. The van der Waals surface area contributed by atoms with Crippen molar-refractivity contribution in [3.05, 3.63) is 35.4 Å². The van der Waals surface area contributed by atoms with Crippen LogP contribution in [0.5, 0.6) is 5.75 Å². The summed E-state index contributed by atoms with van der Waals surface area (Å²) >= 11 is 0. The molecule has 2 nitrogen and oxygen atoms in total. The molecule has 0 N–H and O–H groups in total. The van der Waals surface area contributed by atoms with Crippen LogP contribution in [0.2, 0.25) is 0 Å². The van der Waals surface area contributed by atoms with Gasteiger partial charge in [0, 0.05) is 6.08 Å². The summed E-state index contributed by atoms with van der Waals surface area (Å²) in [5.41, 5.74) is 2.11. The molecular formula is C11H11NO. The summed E-state index contributed by atoms with van der Waals surface area (Å²) in [7, 11) is 1.63. The number of nitriles is 1. The van der Waals surface area contributed by atoms with Gasteiger partial charge >= 0.3 is 0 Å². The van der Waals surface area contributed by atoms with Gasteiger partial charge in [-0.3, -0.25) is 0 Å². The third-order valence-corrected chi connectivity index (χ3v) is 1.66. The number of ether oxygens (including phenoxy) is 1. The van der Waals surface area contributed by atoms with Gasteiger partial charge in [-0.2, -0.15) is 5.26 Å². The van der Waals surface area contributed by atoms with Crippen molar-refractivity contribution in [1.82, 2.24) is 0 Å². The highest BCUT2D eigenvalue weighted by molar-refractivity contribution is 5.55. The van der Waals surface area contributed by atoms with E-state index >= 15 is 0 Å². The molecule has 0 bridgehead atoms. The van der Waals surface area contributed by atoms with E-state index in [9.17, 15) is 0 Å². The Morgan fingerprint density at radius 3 is 2.77 bits per heavy atom. The topological polar surface area (TPSA) is 33.0 Å². The molecule has 0 aliphatic rings. The quantitative estimate of drug-likeness (QED) is 0.644. The van der Waals surface area contributed by atoms with Crippen molar-refractivity contribution in [3.8, 4) is 11.8 Å². The fourth-order valence-electron chi connectivity index (χ4n) is 1.12. The Hall–Kier alpha value is -1.75. The van der Waals surface area contributed by atoms with Crippen LogP contribution in [0.3, 0.4) is 0 Å². The average molecular weight is 173 g/mol. The Morgan fingerprint density at radius 1 is 1.38 bits per heavy atom. The summed E-state index contributed by atoms with van der Waals surface area (Å²) in [5, 5.41) is 8.36. The molecule has 0 saturated carbocycles. The smallest absolute Gasteiger partial charge is 0.119 e. The maximum Gasteiger partial charge on any atom is 0.119 e. The van der Waals surface area contributed by atoms with E-state index in [4.69, 9.17) is 10.00 Å². The number of nitrogens with zero attached hydrogens (tertiary/aromatic N) is 1. The number of hydrogen-bond acceptors (Lipinski definition) is 2. The van der Waals surface area contributed by atoms with Crippen LogP contribution in [0.4, 0.5) is 0 Å². The van der Waals surface area contributed by atoms with Crippen LogP contribution in [0.15, 0.2) is 24.3 Å². The van der Waals surface area contributed by atoms with Gasteiger partial charge in [0.15, 0.2) is 0 Å². The predicted molar refractivity (Wildman–Crippen MR) is 52.4 cm³/mol. The first-order valence-electron chi connectivity index (χ1n) is 3.98. The second-order valence-corrected chi connectivity index (χ2v) is 2.75. The van der Waals surface area contributed by atoms with Gasteiger partial charge in [-0.1, -0.05) is 6.07 Å². The zero-order valence-corrected chi connectivity index (χ0v) is 7.74. The van der Waals surface area contributed by atoms with Crippen LogP contribution in [0, 0.1) is 18.3 Å². The minimum atomic E-state index is 0.817. The maximum atomic E-state index is 8.36. The van der Waals surface area contributed by atoms with Crippen molar-refractivity contribution in [1.29, 1.82) is 5.26 Å². The van der Waals surface area contributed by atoms with E-state index in [0.29, 0.717) is 0 Å². The van der Waals surface area contributed by atoms with Gasteiger partial charge in [0.05, 0.1) is 13.2 Å². The molecule has 0 aliphatic carbocycles. The Kier molecular flexibility index (Phi) is 3.10. The Labute approximate surface area is 78.1 Å². The summed E-state index contributed by atoms with van der Waals surface area (Å²) in [6.45, 7) is 1.99. The van der Waals surface area contributed by atoms with Gasteiger partial charge in [-0.25, -0.2) is 0 Å². The summed E-state index contributed by atoms with van der Waals surface area (Å²) in [6, 6.07) is 7.79. The molecular weight excluding hydrogens is 162 g/mol. The van der Waals surface area contributed by atoms with Gasteiger partial charge < -0.3 is 4.74 Å². The standard InChI is InChI=1S/C11H11NO/c1-9-6-10(4-3-5-12)8-11(7-9)13-2/h3-4,6-8H,1-2H3/b4-3+. The largest absolute Gasteiger partial charge is 0.497 e. The number of rotatable bonds is 2. The molecule has 1 aromatic rings. The van der Waals surface area contributed by atoms with Gasteiger partial charge in [-0.15, -0.1) is 0 Å². The Bertz CT molecular complexity index is 361. The summed E-state index contributed by atoms with van der Waals surface area (Å²) in [4.78, 5) is 0. The molecule has 0 radical (unpaired) electrons. The molecule has 0 unspecified atom stereocenters. The van der Waals surface area contributed by atoms with Crippen molar-refractivity contribution < 1.29 is 4.74 Å². The molecule has 66 valence electrons.